The number of anilines is 1. The molecule has 0 unspecified atom stereocenters. The van der Waals surface area contributed by atoms with Crippen molar-refractivity contribution >= 4 is 21.6 Å². The van der Waals surface area contributed by atoms with Gasteiger partial charge >= 0.3 is 0 Å². The number of unbranched alkanes of at least 4 members (excludes halogenated alkanes) is 1. The van der Waals surface area contributed by atoms with Gasteiger partial charge in [-0.05, 0) is 55.3 Å². The van der Waals surface area contributed by atoms with Crippen molar-refractivity contribution in [3.8, 4) is 0 Å². The Morgan fingerprint density at radius 1 is 0.933 bits per heavy atom. The van der Waals surface area contributed by atoms with Crippen LogP contribution in [0.3, 0.4) is 0 Å². The maximum atomic E-state index is 12.6. The number of aryl methyl sites for hydroxylation is 1. The van der Waals surface area contributed by atoms with Gasteiger partial charge in [-0.3, -0.25) is 4.79 Å². The van der Waals surface area contributed by atoms with Crippen LogP contribution in [0, 0.1) is 0 Å². The number of piperazine rings is 1. The van der Waals surface area contributed by atoms with Gasteiger partial charge in [0.25, 0.3) is 5.91 Å². The topological polar surface area (TPSA) is 69.7 Å². The molecule has 1 saturated heterocycles. The van der Waals surface area contributed by atoms with Crippen LogP contribution < -0.4 is 5.32 Å². The van der Waals surface area contributed by atoms with Crippen LogP contribution in [-0.4, -0.2) is 56.8 Å². The van der Waals surface area contributed by atoms with E-state index in [1.54, 1.807) is 28.6 Å². The van der Waals surface area contributed by atoms with Crippen molar-refractivity contribution in [2.24, 2.45) is 0 Å². The normalized spacial score (nSPS) is 15.8. The van der Waals surface area contributed by atoms with Gasteiger partial charge < -0.3 is 10.2 Å². The molecule has 30 heavy (non-hydrogen) atoms. The highest BCUT2D eigenvalue weighted by Crippen LogP contribution is 2.16. The highest BCUT2D eigenvalue weighted by atomic mass is 32.2. The van der Waals surface area contributed by atoms with Gasteiger partial charge in [-0.15, -0.1) is 0 Å². The van der Waals surface area contributed by atoms with Gasteiger partial charge in [-0.1, -0.05) is 37.6 Å². The summed E-state index contributed by atoms with van der Waals surface area (Å²) >= 11 is 0. The molecule has 1 amide bonds. The van der Waals surface area contributed by atoms with Crippen LogP contribution in [0.4, 0.5) is 5.69 Å². The summed E-state index contributed by atoms with van der Waals surface area (Å²) in [6.45, 7) is 4.71. The van der Waals surface area contributed by atoms with E-state index < -0.39 is 10.0 Å². The van der Waals surface area contributed by atoms with Crippen molar-refractivity contribution in [2.75, 3.05) is 38.5 Å². The Hall–Kier alpha value is -2.22. The number of carbonyl (C=O) groups excluding carboxylic acids is 1. The Balaban J connectivity index is 1.57. The smallest absolute Gasteiger partial charge is 0.255 e. The number of nitrogens with zero attached hydrogens (tertiary/aromatic N) is 2. The fraction of sp³-hybridized carbons (Fsp3) is 0.435. The molecule has 2 aromatic carbocycles. The van der Waals surface area contributed by atoms with Gasteiger partial charge in [0.1, 0.15) is 0 Å². The van der Waals surface area contributed by atoms with Crippen molar-refractivity contribution in [1.82, 2.24) is 9.21 Å². The fourth-order valence-corrected chi connectivity index (χ4v) is 4.98. The molecular weight excluding hydrogens is 398 g/mol. The van der Waals surface area contributed by atoms with E-state index in [-0.39, 0.29) is 11.7 Å². The second-order valence-corrected chi connectivity index (χ2v) is 9.88. The average molecular weight is 430 g/mol. The number of nitrogens with one attached hydrogen (secondary N) is 1. The molecule has 1 heterocycles. The Labute approximate surface area is 179 Å². The Morgan fingerprint density at radius 2 is 1.53 bits per heavy atom. The predicted molar refractivity (Wildman–Crippen MR) is 121 cm³/mol. The number of carbonyl (C=O) groups is 1. The first kappa shape index (κ1) is 22.5. The fourth-order valence-electron chi connectivity index (χ4n) is 3.46. The molecule has 162 valence electrons. The first-order valence-electron chi connectivity index (χ1n) is 10.5. The lowest BCUT2D eigenvalue weighted by atomic mass is 10.1. The number of likely N-dealkylation sites (N-methyl/N-ethyl adjacent to an activating group) is 1. The minimum atomic E-state index is -3.35. The van der Waals surface area contributed by atoms with Crippen molar-refractivity contribution < 1.29 is 13.2 Å². The molecule has 0 saturated carbocycles. The van der Waals surface area contributed by atoms with Crippen molar-refractivity contribution in [1.29, 1.82) is 0 Å². The van der Waals surface area contributed by atoms with Crippen LogP contribution in [-0.2, 0) is 22.2 Å². The lowest BCUT2D eigenvalue weighted by Gasteiger charge is -2.31. The zero-order valence-electron chi connectivity index (χ0n) is 17.8. The Bertz CT molecular complexity index is 933. The Kier molecular flexibility index (Phi) is 7.64. The molecule has 1 aliphatic rings. The van der Waals surface area contributed by atoms with E-state index in [2.05, 4.69) is 17.1 Å². The minimum absolute atomic E-state index is 0.0438. The third-order valence-electron chi connectivity index (χ3n) is 5.45. The Morgan fingerprint density at radius 3 is 2.13 bits per heavy atom. The largest absolute Gasteiger partial charge is 0.322 e. The molecule has 3 rings (SSSR count). The molecule has 1 fully saturated rings. The summed E-state index contributed by atoms with van der Waals surface area (Å²) < 4.78 is 26.8. The van der Waals surface area contributed by atoms with E-state index in [1.807, 2.05) is 31.3 Å². The van der Waals surface area contributed by atoms with E-state index in [4.69, 9.17) is 0 Å². The van der Waals surface area contributed by atoms with Crippen LogP contribution >= 0.6 is 0 Å². The molecule has 0 bridgehead atoms. The first-order valence-corrected chi connectivity index (χ1v) is 12.1. The number of benzene rings is 2. The first-order chi connectivity index (χ1) is 14.4. The number of rotatable bonds is 8. The summed E-state index contributed by atoms with van der Waals surface area (Å²) in [5.41, 5.74) is 3.21. The van der Waals surface area contributed by atoms with E-state index >= 15 is 0 Å². The summed E-state index contributed by atoms with van der Waals surface area (Å²) in [4.78, 5) is 14.6. The van der Waals surface area contributed by atoms with E-state index in [0.717, 1.165) is 38.0 Å². The standard InChI is InChI=1S/C23H31N3O3S/c1-3-4-5-19-8-12-22(13-9-19)24-23(27)21-10-6-20(7-11-21)18-30(28,29)26-16-14-25(2)15-17-26/h6-13H,3-5,14-18H2,1-2H3,(H,24,27). The van der Waals surface area contributed by atoms with Crippen LogP contribution in [0.2, 0.25) is 0 Å². The molecule has 0 aliphatic carbocycles. The van der Waals surface area contributed by atoms with Crippen molar-refractivity contribution in [3.05, 3.63) is 65.2 Å². The lowest BCUT2D eigenvalue weighted by molar-refractivity contribution is 0.102. The summed E-state index contributed by atoms with van der Waals surface area (Å²) in [5.74, 6) is -0.248. The second-order valence-electron chi connectivity index (χ2n) is 7.91. The van der Waals surface area contributed by atoms with Gasteiger partial charge in [0.15, 0.2) is 0 Å². The van der Waals surface area contributed by atoms with Crippen molar-refractivity contribution in [3.63, 3.8) is 0 Å². The van der Waals surface area contributed by atoms with E-state index in [0.29, 0.717) is 24.2 Å². The SMILES string of the molecule is CCCCc1ccc(NC(=O)c2ccc(CS(=O)(=O)N3CCN(C)CC3)cc2)cc1. The molecule has 6 nitrogen and oxygen atoms in total. The molecule has 0 atom stereocenters. The van der Waals surface area contributed by atoms with Crippen LogP contribution in [0.1, 0.15) is 41.3 Å². The van der Waals surface area contributed by atoms with Crippen LogP contribution in [0.5, 0.6) is 0 Å². The van der Waals surface area contributed by atoms with Crippen LogP contribution in [0.15, 0.2) is 48.5 Å². The van der Waals surface area contributed by atoms with Gasteiger partial charge in [-0.25, -0.2) is 8.42 Å². The maximum absolute atomic E-state index is 12.6. The monoisotopic (exact) mass is 429 g/mol. The van der Waals surface area contributed by atoms with Gasteiger partial charge in [-0.2, -0.15) is 4.31 Å². The number of hydrogen-bond acceptors (Lipinski definition) is 4. The summed E-state index contributed by atoms with van der Waals surface area (Å²) in [6, 6.07) is 14.7. The second kappa shape index (κ2) is 10.2. The molecule has 0 radical (unpaired) electrons. The number of amides is 1. The third-order valence-corrected chi connectivity index (χ3v) is 7.30. The molecule has 7 heteroatoms. The summed E-state index contributed by atoms with van der Waals surface area (Å²) in [5, 5.41) is 2.90. The molecular formula is C23H31N3O3S. The van der Waals surface area contributed by atoms with E-state index in [9.17, 15) is 13.2 Å². The molecule has 2 aromatic rings. The zero-order valence-corrected chi connectivity index (χ0v) is 18.6. The summed E-state index contributed by atoms with van der Waals surface area (Å²) in [7, 11) is -1.35. The molecule has 1 aliphatic heterocycles. The predicted octanol–water partition coefficient (Wildman–Crippen LogP) is 3.36. The van der Waals surface area contributed by atoms with Gasteiger partial charge in [0, 0.05) is 37.4 Å². The summed E-state index contributed by atoms with van der Waals surface area (Å²) in [6.07, 6.45) is 3.36. The van der Waals surface area contributed by atoms with Crippen LogP contribution in [0.25, 0.3) is 0 Å². The van der Waals surface area contributed by atoms with E-state index in [1.165, 1.54) is 5.56 Å². The molecule has 0 aromatic heterocycles. The third kappa shape index (κ3) is 6.14. The average Bonchev–Trinajstić information content (AvgIpc) is 2.74. The molecule has 1 N–H and O–H groups in total. The minimum Gasteiger partial charge on any atom is -0.322 e. The highest BCUT2D eigenvalue weighted by molar-refractivity contribution is 7.88. The van der Waals surface area contributed by atoms with Crippen molar-refractivity contribution in [2.45, 2.75) is 31.9 Å². The lowest BCUT2D eigenvalue weighted by Crippen LogP contribution is -2.47. The zero-order chi connectivity index (χ0) is 21.6. The highest BCUT2D eigenvalue weighted by Gasteiger charge is 2.25. The maximum Gasteiger partial charge on any atom is 0.255 e. The van der Waals surface area contributed by atoms with Gasteiger partial charge in [0.2, 0.25) is 10.0 Å². The van der Waals surface area contributed by atoms with Gasteiger partial charge in [0.05, 0.1) is 5.75 Å². The molecule has 0 spiro atoms. The number of hydrogen-bond donors (Lipinski definition) is 1. The quantitative estimate of drug-likeness (QED) is 0.699. The number of sulfonamides is 1.